The number of nitrogens with one attached hydrogen (secondary N) is 4. The predicted molar refractivity (Wildman–Crippen MR) is 478 cm³/mol. The van der Waals surface area contributed by atoms with Crippen molar-refractivity contribution >= 4 is 117 Å². The highest BCUT2D eigenvalue weighted by atomic mass is 32.7. The number of rotatable bonds is 46. The van der Waals surface area contributed by atoms with Gasteiger partial charge in [0.15, 0.2) is 60.0 Å². The number of ether oxygens (including phenoxy) is 13. The lowest BCUT2D eigenvalue weighted by Crippen LogP contribution is -2.41. The van der Waals surface area contributed by atoms with Crippen LogP contribution in [0.4, 0.5) is 17.6 Å². The number of methoxy groups -OCH3 is 6. The van der Waals surface area contributed by atoms with Crippen LogP contribution in [0.3, 0.4) is 0 Å². The van der Waals surface area contributed by atoms with Crippen molar-refractivity contribution in [3.8, 4) is 0 Å². The average molecular weight is 2230 g/mol. The SMILES string of the molecule is CO[C@H]1C(OP(=O)(O)OC[C@H]2O[C@@H](n3ccc(=O)[nH]c3=O)[C@@H](OC)C2OP(O)(=S)OC[C@H]2O[C@@H](n3cnc4c(N)ncnc43)[C@@H](OC)C2OP(=O)(S)O[C@H]2CCO[C@H]2CO)[C@@H](COP(=O)(O)OC2[C@@H](COP(=O)(O)OC3[C@@H](COP(=O)(O)OC4[C@@H](COP(=O)(O)OC)O[C@@H](n5ccc(=O)[nH]c5=O)[C@H]4OC)O[C@@H](n4cnc5c(=O)[nH]c(N)nc54)[C@H]3OC)O[C@@H](n3ccc(=O)[nH]c3=O)[C@H]2OC)O[C@H]1n1ccc(N)nc1=O. The third-order valence-corrected chi connectivity index (χ3v) is 31.1. The first-order valence-corrected chi connectivity index (χ1v) is 54.7. The number of aromatic amines is 4. The number of hydrogen-bond donors (Lipinski definition) is 15. The van der Waals surface area contributed by atoms with Gasteiger partial charge in [0.1, 0.15) is 134 Å². The summed E-state index contributed by atoms with van der Waals surface area (Å²) in [4.78, 5) is 207. The van der Waals surface area contributed by atoms with E-state index in [-0.39, 0.29) is 47.0 Å². The van der Waals surface area contributed by atoms with Crippen molar-refractivity contribution in [1.29, 1.82) is 0 Å². The minimum atomic E-state index is -5.99. The van der Waals surface area contributed by atoms with Gasteiger partial charge in [0.05, 0.1) is 65.0 Å². The molecule has 7 aliphatic rings. The van der Waals surface area contributed by atoms with Gasteiger partial charge < -0.3 is 118 Å². The van der Waals surface area contributed by atoms with Crippen LogP contribution in [0.25, 0.3) is 22.3 Å². The Morgan fingerprint density at radius 3 is 1.13 bits per heavy atom. The molecule has 0 saturated carbocycles. The van der Waals surface area contributed by atoms with E-state index in [2.05, 4.69) is 51.7 Å². The standard InChI is InChI=1S/C68H94N19O48P7S2/c1-109-48-43(131-140(105,106)121-23-34-46(52(113-5)61(126-34)85-16-11-39(91)79-68(85)96)134-141(107,143)122-24-35-47(135-142(108,144)129-28-12-17-116-29(28)18-88)53(114-6)62(128-35)86-26-74-40-54(70)72-25-73-55(40)86)31(124-58(48)82-13-8-36(69)76-65(82)93)20-118-137(99,100)132-44-32(125-60(50(44)111-3)84-15-10-38(90)78-67(84)95)21-119-139(103,104)133-45-33(127-63(51(45)112-4)87-27-75-41-56(87)80-64(71)81-57(41)92)22-120-138(101,102)130-42-30(19-117-136(97,98)115-7)123-59(49(42)110-2)83-14-9-37(89)77-66(83)94/h8-11,13-16,25-35,42-53,58-63,88H,12,17-24H2,1-7H3,(H,97,98)(H,99,100)(H,101,102)(H,103,104)(H,105,106)(H,107,143)(H,108,144)(H2,69,76,93)(H2,70,72,73)(H,77,89,94)(H,78,90,95)(H,79,91,96)(H3,71,80,81,92)/t28-,29-,30+,31+,32+,33+,34+,35+,42?,43?,44?,45?,46?,47?,48-,49-,50-,51-,52-,53-,58+,59+,60+,61+,62+,63+,141?,142?/m0/s1. The van der Waals surface area contributed by atoms with Gasteiger partial charge in [0, 0.05) is 106 Å². The van der Waals surface area contributed by atoms with E-state index in [4.69, 9.17) is 149 Å². The topological polar surface area (TPSA) is 878 Å². The zero-order valence-electron chi connectivity index (χ0n) is 75.2. The summed E-state index contributed by atoms with van der Waals surface area (Å²) in [5, 5.41) is 9.98. The fourth-order valence-corrected chi connectivity index (χ4v) is 24.2. The molecule has 0 bridgehead atoms. The number of aromatic nitrogens is 16. The number of hydrogen-bond acceptors (Lipinski definition) is 52. The van der Waals surface area contributed by atoms with E-state index in [0.717, 1.165) is 123 Å². The summed E-state index contributed by atoms with van der Waals surface area (Å²) in [6.45, 7) is -17.1. The molecule has 0 spiro atoms. The van der Waals surface area contributed by atoms with E-state index >= 15 is 0 Å². The highest BCUT2D eigenvalue weighted by Crippen LogP contribution is 2.61. The number of fused-ring (bicyclic) bond motifs is 2. The molecule has 7 fully saturated rings. The van der Waals surface area contributed by atoms with Crippen LogP contribution in [0.15, 0.2) is 106 Å². The molecule has 17 N–H and O–H groups in total. The first kappa shape index (κ1) is 110. The molecule has 796 valence electrons. The van der Waals surface area contributed by atoms with E-state index in [1.807, 2.05) is 15.0 Å². The van der Waals surface area contributed by atoms with Crippen molar-refractivity contribution < 1.29 is 187 Å². The Morgan fingerprint density at radius 1 is 0.410 bits per heavy atom. The highest BCUT2D eigenvalue weighted by Gasteiger charge is 2.60. The average Bonchev–Trinajstić information content (AvgIpc) is 1.60. The fourth-order valence-electron chi connectivity index (χ4n) is 16.6. The van der Waals surface area contributed by atoms with E-state index in [1.165, 1.54) is 18.0 Å². The Hall–Kier alpha value is -7.76. The van der Waals surface area contributed by atoms with Crippen molar-refractivity contribution in [2.45, 2.75) is 166 Å². The molecule has 0 amide bonds. The molecular formula is C68H94N19O48P7S2. The zero-order valence-corrected chi connectivity index (χ0v) is 83.2. The summed E-state index contributed by atoms with van der Waals surface area (Å²) in [6.07, 6.45) is -38.4. The molecule has 0 radical (unpaired) electrons. The number of aliphatic hydroxyl groups excluding tert-OH is 1. The molecular weight excluding hydrogens is 2130 g/mol. The normalized spacial score (nSPS) is 32.3. The van der Waals surface area contributed by atoms with Crippen LogP contribution in [0.1, 0.15) is 43.8 Å². The summed E-state index contributed by atoms with van der Waals surface area (Å²) in [7, 11) is -21.4. The number of nitrogens with two attached hydrogens (primary N) is 3. The monoisotopic (exact) mass is 2230 g/mol. The molecule has 13 unspecified atom stereocenters. The Kier molecular flexibility index (Phi) is 34.6. The summed E-state index contributed by atoms with van der Waals surface area (Å²) < 4.78 is 247. The maximum atomic E-state index is 14.9. The molecule has 76 heteroatoms. The van der Waals surface area contributed by atoms with Gasteiger partial charge >= 0.3 is 75.4 Å². The lowest BCUT2D eigenvalue weighted by atomic mass is 10.1. The number of aliphatic hydroxyl groups is 1. The largest absolute Gasteiger partial charge is 0.472 e. The second-order valence-corrected chi connectivity index (χ2v) is 44.5. The van der Waals surface area contributed by atoms with E-state index in [0.29, 0.717) is 4.57 Å². The lowest BCUT2D eigenvalue weighted by molar-refractivity contribution is -0.0681. The Morgan fingerprint density at radius 2 is 0.757 bits per heavy atom. The van der Waals surface area contributed by atoms with Crippen LogP contribution in [0.5, 0.6) is 0 Å². The van der Waals surface area contributed by atoms with Gasteiger partial charge in [0.2, 0.25) is 5.95 Å². The lowest BCUT2D eigenvalue weighted by Gasteiger charge is -2.30. The molecule has 8 aromatic heterocycles. The van der Waals surface area contributed by atoms with Gasteiger partial charge in [-0.05, 0) is 17.9 Å². The van der Waals surface area contributed by atoms with Gasteiger partial charge in [-0.2, -0.15) is 9.97 Å². The van der Waals surface area contributed by atoms with Gasteiger partial charge in [-0.15, -0.1) is 0 Å². The Bertz CT molecular complexity index is 6840. The molecule has 7 saturated heterocycles. The quantitative estimate of drug-likeness (QED) is 0.0128. The van der Waals surface area contributed by atoms with Crippen LogP contribution < -0.4 is 62.2 Å². The van der Waals surface area contributed by atoms with Gasteiger partial charge in [-0.3, -0.25) is 125 Å². The third kappa shape index (κ3) is 24.8. The highest BCUT2D eigenvalue weighted by molar-refractivity contribution is 8.44. The maximum Gasteiger partial charge on any atom is 0.472 e. The van der Waals surface area contributed by atoms with Crippen LogP contribution in [0.2, 0.25) is 0 Å². The summed E-state index contributed by atoms with van der Waals surface area (Å²) in [5.74, 6) is -0.852. The van der Waals surface area contributed by atoms with Crippen LogP contribution in [-0.4, -0.2) is 336 Å². The number of phosphoric acid groups is 5. The molecule has 0 aliphatic carbocycles. The van der Waals surface area contributed by atoms with E-state index < -0.39 is 309 Å². The van der Waals surface area contributed by atoms with Crippen molar-refractivity contribution in [2.75, 3.05) is 120 Å². The fraction of sp³-hybridized carbons (Fsp3) is 0.618. The van der Waals surface area contributed by atoms with Crippen molar-refractivity contribution in [3.05, 3.63) is 151 Å². The molecule has 7 aliphatic heterocycles. The van der Waals surface area contributed by atoms with Crippen molar-refractivity contribution in [2.24, 2.45) is 0 Å². The summed E-state index contributed by atoms with van der Waals surface area (Å²) in [5.41, 5.74) is 9.12. The van der Waals surface area contributed by atoms with Gasteiger partial charge in [0.25, 0.3) is 22.2 Å². The number of phosphoric ester groups is 5. The minimum absolute atomic E-state index is 0.0417. The smallest absolute Gasteiger partial charge is 0.394 e. The van der Waals surface area contributed by atoms with E-state index in [9.17, 15) is 100 Å². The van der Waals surface area contributed by atoms with Crippen LogP contribution in [-0.2, 0) is 164 Å². The molecule has 0 aromatic carbocycles. The van der Waals surface area contributed by atoms with Crippen molar-refractivity contribution in [1.82, 2.24) is 77.2 Å². The molecule has 33 atom stereocenters. The van der Waals surface area contributed by atoms with Gasteiger partial charge in [-0.25, -0.2) is 66.5 Å². The number of nitrogen functional groups attached to an aromatic ring is 3. The minimum Gasteiger partial charge on any atom is -0.394 e. The first-order valence-electron chi connectivity index (χ1n) is 41.9. The molecule has 8 aromatic rings. The number of thiol groups is 1. The van der Waals surface area contributed by atoms with Crippen molar-refractivity contribution in [3.63, 3.8) is 0 Å². The molecule has 144 heavy (non-hydrogen) atoms. The summed E-state index contributed by atoms with van der Waals surface area (Å²) >= 11 is 9.85. The number of nitrogens with zero attached hydrogens (tertiary/aromatic N) is 12. The second-order valence-electron chi connectivity index (χ2n) is 31.7. The number of imidazole rings is 2. The zero-order chi connectivity index (χ0) is 104. The molecule has 15 rings (SSSR count). The Balaban J connectivity index is 0.675. The Labute approximate surface area is 814 Å². The third-order valence-electron chi connectivity index (χ3n) is 23.0. The summed E-state index contributed by atoms with van der Waals surface area (Å²) in [6, 6.07) is 3.71. The maximum absolute atomic E-state index is 14.9. The number of anilines is 3. The first-order chi connectivity index (χ1) is 68.1. The number of H-pyrrole nitrogens is 4. The molecule has 15 heterocycles. The van der Waals surface area contributed by atoms with E-state index in [1.54, 1.807) is 0 Å². The predicted octanol–water partition coefficient (Wildman–Crippen LogP) is -3.93. The second kappa shape index (κ2) is 45.2. The molecule has 67 nitrogen and oxygen atoms in total. The van der Waals surface area contributed by atoms with Gasteiger partial charge in [-0.1, -0.05) is 12.2 Å². The van der Waals surface area contributed by atoms with Crippen LogP contribution in [0, 0.1) is 0 Å². The van der Waals surface area contributed by atoms with Crippen LogP contribution >= 0.6 is 64.9 Å².